The second kappa shape index (κ2) is 5.45. The van der Waals surface area contributed by atoms with Gasteiger partial charge < -0.3 is 4.84 Å². The van der Waals surface area contributed by atoms with Crippen LogP contribution in [0.1, 0.15) is 11.7 Å². The topological polar surface area (TPSA) is 75.9 Å². The molecule has 0 aromatic heterocycles. The van der Waals surface area contributed by atoms with E-state index in [0.29, 0.717) is 11.3 Å². The molecule has 1 amide bonds. The number of nitro groups is 1. The number of benzene rings is 2. The van der Waals surface area contributed by atoms with Crippen LogP contribution in [0.15, 0.2) is 54.6 Å². The lowest BCUT2D eigenvalue weighted by atomic mass is 10.1. The molecule has 7 heteroatoms. The van der Waals surface area contributed by atoms with Crippen molar-refractivity contribution >= 4 is 17.5 Å². The minimum absolute atomic E-state index is 0.0569. The fourth-order valence-electron chi connectivity index (χ4n) is 2.52. The van der Waals surface area contributed by atoms with Crippen molar-refractivity contribution in [3.8, 4) is 0 Å². The third-order valence-electron chi connectivity index (χ3n) is 3.45. The van der Waals surface area contributed by atoms with Crippen LogP contribution in [0.3, 0.4) is 0 Å². The lowest BCUT2D eigenvalue weighted by Gasteiger charge is -2.23. The van der Waals surface area contributed by atoms with Gasteiger partial charge >= 0.3 is 6.09 Å². The molecule has 1 atom stereocenters. The standard InChI is InChI=1S/C15H13N3O4/c1-16-14(12-9-5-6-10-13(12)18(20)21)17(15(19)22-16)11-7-3-2-4-8-11/h2-10,14H,1H3. The number of carbonyl (C=O) groups is 1. The van der Waals surface area contributed by atoms with Crippen molar-refractivity contribution in [3.05, 3.63) is 70.3 Å². The molecule has 1 saturated heterocycles. The van der Waals surface area contributed by atoms with Gasteiger partial charge in [-0.1, -0.05) is 30.3 Å². The predicted molar refractivity (Wildman–Crippen MR) is 79.0 cm³/mol. The maximum absolute atomic E-state index is 12.1. The number of anilines is 1. The second-order valence-corrected chi connectivity index (χ2v) is 4.80. The molecule has 0 N–H and O–H groups in total. The molecule has 0 spiro atoms. The molecule has 7 nitrogen and oxygen atoms in total. The Balaban J connectivity index is 2.11. The number of rotatable bonds is 3. The van der Waals surface area contributed by atoms with Crippen molar-refractivity contribution in [3.63, 3.8) is 0 Å². The molecule has 0 aliphatic carbocycles. The SMILES string of the molecule is CN1OC(=O)N(c2ccccc2)C1c1ccccc1[N+](=O)[O-]. The quantitative estimate of drug-likeness (QED) is 0.643. The van der Waals surface area contributed by atoms with Crippen LogP contribution in [0.5, 0.6) is 0 Å². The maximum Gasteiger partial charge on any atom is 0.435 e. The van der Waals surface area contributed by atoms with Crippen LogP contribution in [0.2, 0.25) is 0 Å². The lowest BCUT2D eigenvalue weighted by Crippen LogP contribution is -2.30. The smallest absolute Gasteiger partial charge is 0.348 e. The molecule has 22 heavy (non-hydrogen) atoms. The molecule has 112 valence electrons. The normalized spacial score (nSPS) is 18.3. The molecule has 1 fully saturated rings. The largest absolute Gasteiger partial charge is 0.435 e. The van der Waals surface area contributed by atoms with Crippen LogP contribution in [0, 0.1) is 10.1 Å². The summed E-state index contributed by atoms with van der Waals surface area (Å²) >= 11 is 0. The molecule has 3 rings (SSSR count). The fourth-order valence-corrected chi connectivity index (χ4v) is 2.52. The molecule has 0 saturated carbocycles. The van der Waals surface area contributed by atoms with E-state index >= 15 is 0 Å². The molecule has 1 aliphatic heterocycles. The van der Waals surface area contributed by atoms with E-state index in [4.69, 9.17) is 4.84 Å². The molecule has 0 bridgehead atoms. The number of nitro benzene ring substituents is 1. The highest BCUT2D eigenvalue weighted by atomic mass is 16.7. The minimum atomic E-state index is -0.698. The summed E-state index contributed by atoms with van der Waals surface area (Å²) in [5, 5.41) is 12.6. The molecule has 2 aromatic rings. The Morgan fingerprint density at radius 3 is 2.41 bits per heavy atom. The van der Waals surface area contributed by atoms with Gasteiger partial charge in [-0.25, -0.2) is 4.79 Å². The summed E-state index contributed by atoms with van der Waals surface area (Å²) in [5.74, 6) is 0. The molecular weight excluding hydrogens is 286 g/mol. The number of amides is 1. The number of hydrogen-bond donors (Lipinski definition) is 0. The van der Waals surface area contributed by atoms with Crippen molar-refractivity contribution in [2.24, 2.45) is 0 Å². The van der Waals surface area contributed by atoms with Gasteiger partial charge in [-0.3, -0.25) is 15.0 Å². The summed E-state index contributed by atoms with van der Waals surface area (Å²) in [4.78, 5) is 29.5. The van der Waals surface area contributed by atoms with Gasteiger partial charge in [0.25, 0.3) is 5.69 Å². The average Bonchev–Trinajstić information content (AvgIpc) is 2.82. The summed E-state index contributed by atoms with van der Waals surface area (Å²) in [6, 6.07) is 15.2. The summed E-state index contributed by atoms with van der Waals surface area (Å²) in [6.07, 6.45) is -1.27. The van der Waals surface area contributed by atoms with Crippen molar-refractivity contribution in [2.45, 2.75) is 6.17 Å². The van der Waals surface area contributed by atoms with Gasteiger partial charge in [0.05, 0.1) is 10.5 Å². The van der Waals surface area contributed by atoms with Gasteiger partial charge in [0.2, 0.25) is 0 Å². The van der Waals surface area contributed by atoms with Gasteiger partial charge in [0, 0.05) is 18.8 Å². The van der Waals surface area contributed by atoms with Gasteiger partial charge in [-0.2, -0.15) is 0 Å². The average molecular weight is 299 g/mol. The highest BCUT2D eigenvalue weighted by Crippen LogP contribution is 2.38. The molecule has 1 unspecified atom stereocenters. The predicted octanol–water partition coefficient (Wildman–Crippen LogP) is 3.10. The van der Waals surface area contributed by atoms with Crippen LogP contribution < -0.4 is 4.90 Å². The van der Waals surface area contributed by atoms with E-state index in [2.05, 4.69) is 0 Å². The van der Waals surface area contributed by atoms with E-state index in [9.17, 15) is 14.9 Å². The third kappa shape index (κ3) is 2.27. The Labute approximate surface area is 126 Å². The zero-order valence-electron chi connectivity index (χ0n) is 11.7. The number of nitrogens with zero attached hydrogens (tertiary/aromatic N) is 3. The number of hydroxylamine groups is 2. The van der Waals surface area contributed by atoms with E-state index in [1.54, 1.807) is 49.5 Å². The number of carbonyl (C=O) groups excluding carboxylic acids is 1. The summed E-state index contributed by atoms with van der Waals surface area (Å²) in [6.45, 7) is 0. The van der Waals surface area contributed by atoms with Crippen molar-refractivity contribution < 1.29 is 14.6 Å². The molecule has 2 aromatic carbocycles. The Morgan fingerprint density at radius 2 is 1.73 bits per heavy atom. The van der Waals surface area contributed by atoms with Gasteiger partial charge in [-0.15, -0.1) is 5.06 Å². The van der Waals surface area contributed by atoms with E-state index in [0.717, 1.165) is 0 Å². The summed E-state index contributed by atoms with van der Waals surface area (Å²) in [7, 11) is 1.57. The van der Waals surface area contributed by atoms with Crippen molar-refractivity contribution in [1.82, 2.24) is 5.06 Å². The first kappa shape index (κ1) is 14.0. The fraction of sp³-hybridized carbons (Fsp3) is 0.133. The van der Waals surface area contributed by atoms with Crippen LogP contribution in [0.4, 0.5) is 16.2 Å². The third-order valence-corrected chi connectivity index (χ3v) is 3.45. The Bertz CT molecular complexity index is 720. The first-order valence-electron chi connectivity index (χ1n) is 6.62. The zero-order chi connectivity index (χ0) is 15.7. The first-order valence-corrected chi connectivity index (χ1v) is 6.62. The minimum Gasteiger partial charge on any atom is -0.348 e. The summed E-state index contributed by atoms with van der Waals surface area (Å²) < 4.78 is 0. The van der Waals surface area contributed by atoms with Gasteiger partial charge in [-0.05, 0) is 18.2 Å². The second-order valence-electron chi connectivity index (χ2n) is 4.80. The van der Waals surface area contributed by atoms with Crippen LogP contribution in [-0.4, -0.2) is 23.1 Å². The van der Waals surface area contributed by atoms with Crippen LogP contribution in [0.25, 0.3) is 0 Å². The molecule has 0 radical (unpaired) electrons. The highest BCUT2D eigenvalue weighted by molar-refractivity contribution is 5.90. The van der Waals surface area contributed by atoms with Crippen LogP contribution >= 0.6 is 0 Å². The van der Waals surface area contributed by atoms with E-state index in [-0.39, 0.29) is 5.69 Å². The van der Waals surface area contributed by atoms with E-state index in [1.807, 2.05) is 6.07 Å². The monoisotopic (exact) mass is 299 g/mol. The molecule has 1 heterocycles. The summed E-state index contributed by atoms with van der Waals surface area (Å²) in [5.41, 5.74) is 0.947. The first-order chi connectivity index (χ1) is 10.6. The molecule has 1 aliphatic rings. The number of para-hydroxylation sites is 2. The van der Waals surface area contributed by atoms with Crippen LogP contribution in [-0.2, 0) is 4.84 Å². The molecular formula is C15H13N3O4. The Hall–Kier alpha value is -2.93. The highest BCUT2D eigenvalue weighted by Gasteiger charge is 2.43. The Kier molecular flexibility index (Phi) is 3.48. The van der Waals surface area contributed by atoms with Crippen molar-refractivity contribution in [1.29, 1.82) is 0 Å². The van der Waals surface area contributed by atoms with E-state index < -0.39 is 17.2 Å². The van der Waals surface area contributed by atoms with E-state index in [1.165, 1.54) is 16.0 Å². The zero-order valence-corrected chi connectivity index (χ0v) is 11.7. The Morgan fingerprint density at radius 1 is 1.09 bits per heavy atom. The van der Waals surface area contributed by atoms with Crippen molar-refractivity contribution in [2.75, 3.05) is 11.9 Å². The maximum atomic E-state index is 12.1. The number of hydrogen-bond acceptors (Lipinski definition) is 5. The lowest BCUT2D eigenvalue weighted by molar-refractivity contribution is -0.386. The van der Waals surface area contributed by atoms with Gasteiger partial charge in [0.15, 0.2) is 6.17 Å². The van der Waals surface area contributed by atoms with Gasteiger partial charge in [0.1, 0.15) is 0 Å².